The lowest BCUT2D eigenvalue weighted by Gasteiger charge is -2.21. The second-order valence-corrected chi connectivity index (χ2v) is 3.95. The summed E-state index contributed by atoms with van der Waals surface area (Å²) in [5.74, 6) is 2.20. The molecule has 1 rings (SSSR count). The molecule has 0 aliphatic heterocycles. The molecule has 0 bridgehead atoms. The highest BCUT2D eigenvalue weighted by Gasteiger charge is 2.12. The minimum atomic E-state index is 0.0665. The normalized spacial score (nSPS) is 13.9. The zero-order valence-corrected chi connectivity index (χ0v) is 11.1. The first-order valence-corrected chi connectivity index (χ1v) is 5.67. The van der Waals surface area contributed by atoms with Crippen molar-refractivity contribution in [2.75, 3.05) is 21.3 Å². The van der Waals surface area contributed by atoms with E-state index in [4.69, 9.17) is 14.2 Å². The molecule has 0 spiro atoms. The molecule has 2 unspecified atom stereocenters. The molecule has 0 heterocycles. The third kappa shape index (κ3) is 3.82. The van der Waals surface area contributed by atoms with E-state index in [1.807, 2.05) is 32.2 Å². The van der Waals surface area contributed by atoms with E-state index in [9.17, 15) is 0 Å². The molecule has 0 aromatic heterocycles. The van der Waals surface area contributed by atoms with Crippen LogP contribution in [-0.2, 0) is 0 Å². The van der Waals surface area contributed by atoms with Gasteiger partial charge in [-0.2, -0.15) is 0 Å². The summed E-state index contributed by atoms with van der Waals surface area (Å²) < 4.78 is 16.2. The summed E-state index contributed by atoms with van der Waals surface area (Å²) in [6.45, 7) is 4.09. The fourth-order valence-electron chi connectivity index (χ4n) is 1.40. The SMILES string of the molecule is CNC(C)C(C)Oc1cc(OC)cc(OC)c1. The molecule has 1 N–H and O–H groups in total. The summed E-state index contributed by atoms with van der Waals surface area (Å²) in [5, 5.41) is 3.15. The highest BCUT2D eigenvalue weighted by atomic mass is 16.5. The van der Waals surface area contributed by atoms with Gasteiger partial charge in [0.15, 0.2) is 0 Å². The Balaban J connectivity index is 2.82. The van der Waals surface area contributed by atoms with Gasteiger partial charge in [0.05, 0.1) is 14.2 Å². The number of methoxy groups -OCH3 is 2. The summed E-state index contributed by atoms with van der Waals surface area (Å²) in [4.78, 5) is 0. The third-order valence-electron chi connectivity index (χ3n) is 2.81. The number of ether oxygens (including phenoxy) is 3. The molecule has 0 aliphatic carbocycles. The fourth-order valence-corrected chi connectivity index (χ4v) is 1.40. The van der Waals surface area contributed by atoms with Crippen LogP contribution in [0.15, 0.2) is 18.2 Å². The van der Waals surface area contributed by atoms with Gasteiger partial charge in [0.1, 0.15) is 23.4 Å². The van der Waals surface area contributed by atoms with Gasteiger partial charge < -0.3 is 19.5 Å². The first kappa shape index (κ1) is 13.6. The Morgan fingerprint density at radius 3 is 1.82 bits per heavy atom. The molecule has 0 saturated carbocycles. The monoisotopic (exact) mass is 239 g/mol. The molecule has 0 fully saturated rings. The zero-order valence-electron chi connectivity index (χ0n) is 11.1. The predicted molar refractivity (Wildman–Crippen MR) is 68.2 cm³/mol. The summed E-state index contributed by atoms with van der Waals surface area (Å²) in [6.07, 6.45) is 0.0665. The summed E-state index contributed by atoms with van der Waals surface area (Å²) in [6, 6.07) is 5.79. The summed E-state index contributed by atoms with van der Waals surface area (Å²) in [7, 11) is 5.16. The maximum Gasteiger partial charge on any atom is 0.127 e. The average molecular weight is 239 g/mol. The molecular weight excluding hydrogens is 218 g/mol. The first-order chi connectivity index (χ1) is 8.10. The van der Waals surface area contributed by atoms with E-state index >= 15 is 0 Å². The predicted octanol–water partition coefficient (Wildman–Crippen LogP) is 2.08. The molecule has 4 nitrogen and oxygen atoms in total. The van der Waals surface area contributed by atoms with Crippen LogP contribution in [0, 0.1) is 0 Å². The van der Waals surface area contributed by atoms with E-state index < -0.39 is 0 Å². The molecule has 96 valence electrons. The second kappa shape index (κ2) is 6.35. The molecule has 4 heteroatoms. The molecule has 0 amide bonds. The average Bonchev–Trinajstić information content (AvgIpc) is 2.36. The number of likely N-dealkylation sites (N-methyl/N-ethyl adjacent to an activating group) is 1. The van der Waals surface area contributed by atoms with Crippen molar-refractivity contribution in [1.82, 2.24) is 5.32 Å². The van der Waals surface area contributed by atoms with Crippen molar-refractivity contribution in [2.45, 2.75) is 26.0 Å². The lowest BCUT2D eigenvalue weighted by atomic mass is 10.2. The third-order valence-corrected chi connectivity index (χ3v) is 2.81. The zero-order chi connectivity index (χ0) is 12.8. The van der Waals surface area contributed by atoms with Crippen LogP contribution >= 0.6 is 0 Å². The van der Waals surface area contributed by atoms with Gasteiger partial charge >= 0.3 is 0 Å². The minimum absolute atomic E-state index is 0.0665. The molecule has 0 aliphatic rings. The van der Waals surface area contributed by atoms with Crippen molar-refractivity contribution in [1.29, 1.82) is 0 Å². The molecule has 1 aromatic rings. The quantitative estimate of drug-likeness (QED) is 0.825. The Hall–Kier alpha value is -1.42. The van der Waals surface area contributed by atoms with E-state index in [1.54, 1.807) is 14.2 Å². The Morgan fingerprint density at radius 1 is 0.941 bits per heavy atom. The smallest absolute Gasteiger partial charge is 0.127 e. The van der Waals surface area contributed by atoms with Crippen molar-refractivity contribution in [3.05, 3.63) is 18.2 Å². The van der Waals surface area contributed by atoms with Gasteiger partial charge in [0.25, 0.3) is 0 Å². The lowest BCUT2D eigenvalue weighted by molar-refractivity contribution is 0.181. The van der Waals surface area contributed by atoms with Crippen LogP contribution in [0.3, 0.4) is 0 Å². The van der Waals surface area contributed by atoms with Crippen LogP contribution < -0.4 is 19.5 Å². The number of benzene rings is 1. The fraction of sp³-hybridized carbons (Fsp3) is 0.538. The van der Waals surface area contributed by atoms with Gasteiger partial charge in [-0.1, -0.05) is 0 Å². The van der Waals surface area contributed by atoms with Crippen LogP contribution in [0.2, 0.25) is 0 Å². The highest BCUT2D eigenvalue weighted by Crippen LogP contribution is 2.28. The van der Waals surface area contributed by atoms with Crippen LogP contribution in [0.1, 0.15) is 13.8 Å². The maximum absolute atomic E-state index is 5.83. The molecular formula is C13H21NO3. The topological polar surface area (TPSA) is 39.7 Å². The van der Waals surface area contributed by atoms with Crippen LogP contribution in [0.5, 0.6) is 17.2 Å². The number of hydrogen-bond donors (Lipinski definition) is 1. The number of hydrogen-bond acceptors (Lipinski definition) is 4. The molecule has 0 radical (unpaired) electrons. The Bertz CT molecular complexity index is 332. The number of rotatable bonds is 6. The van der Waals surface area contributed by atoms with Crippen molar-refractivity contribution < 1.29 is 14.2 Å². The van der Waals surface area contributed by atoms with Crippen molar-refractivity contribution >= 4 is 0 Å². The van der Waals surface area contributed by atoms with Gasteiger partial charge in [0.2, 0.25) is 0 Å². The maximum atomic E-state index is 5.83. The highest BCUT2D eigenvalue weighted by molar-refractivity contribution is 5.42. The van der Waals surface area contributed by atoms with E-state index in [0.29, 0.717) is 0 Å². The van der Waals surface area contributed by atoms with Crippen LogP contribution in [0.4, 0.5) is 0 Å². The minimum Gasteiger partial charge on any atom is -0.496 e. The van der Waals surface area contributed by atoms with Crippen LogP contribution in [0.25, 0.3) is 0 Å². The standard InChI is InChI=1S/C13H21NO3/c1-9(14-3)10(2)17-13-7-11(15-4)6-12(8-13)16-5/h6-10,14H,1-5H3. The van der Waals surface area contributed by atoms with Gasteiger partial charge in [-0.3, -0.25) is 0 Å². The van der Waals surface area contributed by atoms with Gasteiger partial charge in [-0.15, -0.1) is 0 Å². The van der Waals surface area contributed by atoms with Gasteiger partial charge in [-0.25, -0.2) is 0 Å². The van der Waals surface area contributed by atoms with E-state index in [-0.39, 0.29) is 12.1 Å². The van der Waals surface area contributed by atoms with Crippen molar-refractivity contribution in [2.24, 2.45) is 0 Å². The largest absolute Gasteiger partial charge is 0.496 e. The molecule has 1 aromatic carbocycles. The van der Waals surface area contributed by atoms with E-state index in [2.05, 4.69) is 12.2 Å². The Morgan fingerprint density at radius 2 is 1.41 bits per heavy atom. The molecule has 0 saturated heterocycles. The first-order valence-electron chi connectivity index (χ1n) is 5.67. The lowest BCUT2D eigenvalue weighted by Crippen LogP contribution is -2.36. The van der Waals surface area contributed by atoms with Crippen molar-refractivity contribution in [3.63, 3.8) is 0 Å². The van der Waals surface area contributed by atoms with Crippen LogP contribution in [-0.4, -0.2) is 33.4 Å². The van der Waals surface area contributed by atoms with Gasteiger partial charge in [-0.05, 0) is 20.9 Å². The molecule has 2 atom stereocenters. The van der Waals surface area contributed by atoms with E-state index in [1.165, 1.54) is 0 Å². The second-order valence-electron chi connectivity index (χ2n) is 3.95. The number of nitrogens with one attached hydrogen (secondary N) is 1. The Kier molecular flexibility index (Phi) is 5.10. The Labute approximate surface area is 103 Å². The molecule has 17 heavy (non-hydrogen) atoms. The van der Waals surface area contributed by atoms with E-state index in [0.717, 1.165) is 17.2 Å². The summed E-state index contributed by atoms with van der Waals surface area (Å²) in [5.41, 5.74) is 0. The van der Waals surface area contributed by atoms with Crippen molar-refractivity contribution in [3.8, 4) is 17.2 Å². The summed E-state index contributed by atoms with van der Waals surface area (Å²) >= 11 is 0. The van der Waals surface area contributed by atoms with Gasteiger partial charge in [0, 0.05) is 24.2 Å².